The Morgan fingerprint density at radius 3 is 1.51 bits per heavy atom. The van der Waals surface area contributed by atoms with Crippen molar-refractivity contribution in [1.82, 2.24) is 58.5 Å². The third-order valence-corrected chi connectivity index (χ3v) is 18.4. The molecular weight excluding hydrogens is 1370 g/mol. The summed E-state index contributed by atoms with van der Waals surface area (Å²) < 4.78 is 0. The van der Waals surface area contributed by atoms with E-state index in [2.05, 4.69) is 78.5 Å². The Morgan fingerprint density at radius 1 is 0.539 bits per heavy atom. The minimum atomic E-state index is -1.42. The molecule has 12 atom stereocenters. The average Bonchev–Trinajstić information content (AvgIpc) is 1.06. The maximum atomic E-state index is 14.2. The fourth-order valence-electron chi connectivity index (χ4n) is 9.77. The van der Waals surface area contributed by atoms with Crippen LogP contribution < -0.4 is 110 Å². The number of amides is 11. The number of hydrogen-bond acceptors (Lipinski definition) is 20. The molecule has 0 spiro atoms. The number of phenols is 1. The van der Waals surface area contributed by atoms with E-state index in [0.29, 0.717) is 31.2 Å². The van der Waals surface area contributed by atoms with E-state index in [1.165, 1.54) is 19.1 Å². The second kappa shape index (κ2) is 48.3. The van der Waals surface area contributed by atoms with Crippen molar-refractivity contribution in [2.75, 3.05) is 50.8 Å². The predicted molar refractivity (Wildman–Crippen MR) is 388 cm³/mol. The van der Waals surface area contributed by atoms with E-state index < -0.39 is 150 Å². The van der Waals surface area contributed by atoms with E-state index >= 15 is 0 Å². The van der Waals surface area contributed by atoms with Gasteiger partial charge >= 0.3 is 5.97 Å². The van der Waals surface area contributed by atoms with Crippen LogP contribution in [0.25, 0.3) is 0 Å². The van der Waals surface area contributed by atoms with E-state index in [1.54, 1.807) is 39.8 Å². The molecule has 0 saturated carbocycles. The highest BCUT2D eigenvalue weighted by molar-refractivity contribution is 8.76. The minimum absolute atomic E-state index is 0.00128. The second-order valence-corrected chi connectivity index (χ2v) is 27.0. The zero-order valence-corrected chi connectivity index (χ0v) is 60.2. The molecule has 1 saturated heterocycles. The van der Waals surface area contributed by atoms with Crippen LogP contribution in [0, 0.1) is 11.8 Å². The van der Waals surface area contributed by atoms with Crippen molar-refractivity contribution in [2.24, 2.45) is 83.4 Å². The summed E-state index contributed by atoms with van der Waals surface area (Å²) in [7, 11) is 2.07. The number of guanidine groups is 4. The summed E-state index contributed by atoms with van der Waals surface area (Å²) in [5.41, 5.74) is 50.6. The summed E-state index contributed by atoms with van der Waals surface area (Å²) in [5.74, 6) is -11.6. The second-order valence-electron chi connectivity index (χ2n) is 24.5. The zero-order valence-electron chi connectivity index (χ0n) is 58.6. The summed E-state index contributed by atoms with van der Waals surface area (Å²) >= 11 is 0. The number of aromatic hydroxyl groups is 1. The van der Waals surface area contributed by atoms with Crippen molar-refractivity contribution in [3.05, 3.63) is 29.8 Å². The number of rotatable bonds is 41. The SMILES string of the molecule is CCC(C)[C@@H]1NC(=O)[C@H](C)NC(=O)[C@H](C(C)CC)NC(=O)[C@@H](NC(=O)CCCCCNC(=O)[C@H](CCCN=C(N)N)NC(=O)CNC(=O)[C@H](CCCN=C(N)N)NC(=O)[C@H](CCCN=C(N)N)NC(=O)[C@@H](N)Cc2ccc(O)cc2)CSSC[C@@H](C(=O)N[C@@H](CCCN=C(N)N)C(=O)O)NC1=O. The Balaban J connectivity index is 2.27. The van der Waals surface area contributed by atoms with E-state index in [1.807, 2.05) is 0 Å². The first-order valence-electron chi connectivity index (χ1n) is 33.8. The molecule has 1 heterocycles. The number of aliphatic carboxylic acids is 1. The number of carbonyl (C=O) groups is 12. The van der Waals surface area contributed by atoms with Crippen molar-refractivity contribution in [2.45, 2.75) is 191 Å². The number of carboxylic acid groups (broad SMARTS) is 1. The lowest BCUT2D eigenvalue weighted by molar-refractivity contribution is -0.142. The van der Waals surface area contributed by atoms with Crippen LogP contribution in [0.4, 0.5) is 0 Å². The molecule has 11 amide bonds. The van der Waals surface area contributed by atoms with Crippen LogP contribution in [0.2, 0.25) is 0 Å². The molecule has 572 valence electrons. The highest BCUT2D eigenvalue weighted by Crippen LogP contribution is 2.25. The molecule has 0 aromatic heterocycles. The van der Waals surface area contributed by atoms with Gasteiger partial charge in [0.15, 0.2) is 23.8 Å². The van der Waals surface area contributed by atoms with Gasteiger partial charge in [0.05, 0.1) is 12.6 Å². The third kappa shape index (κ3) is 36.1. The van der Waals surface area contributed by atoms with Gasteiger partial charge in [0.2, 0.25) is 65.0 Å². The van der Waals surface area contributed by atoms with Gasteiger partial charge < -0.3 is 120 Å². The third-order valence-electron chi connectivity index (χ3n) is 16.0. The Bertz CT molecular complexity index is 3040. The van der Waals surface area contributed by atoms with Gasteiger partial charge in [-0.2, -0.15) is 0 Å². The Hall–Kier alpha value is -9.60. The molecule has 1 aliphatic heterocycles. The fourth-order valence-corrected chi connectivity index (χ4v) is 12.1. The van der Waals surface area contributed by atoms with Gasteiger partial charge in [-0.3, -0.25) is 72.7 Å². The van der Waals surface area contributed by atoms with Crippen LogP contribution in [0.3, 0.4) is 0 Å². The monoisotopic (exact) mass is 1480 g/mol. The standard InChI is InChI=1S/C62H108N24O14S2/c1-6-33(3)47-56(97)78-35(5)49(90)85-48(34(4)7-2)57(98)84-44(54(95)83-42(58(99)100)18-14-28-76-62(70)71)32-102-101-31-43(55(96)86-47)80-45(88)19-9-8-10-24-72-51(92)39(15-11-25-73-59(64)65)79-46(89)30-77-52(93)40(16-12-26-74-60(66)67)82-53(94)41(17-13-27-75-61(68)69)81-50(91)38(63)29-36-20-22-37(87)23-21-36/h20-23,33-35,38-44,47-48,87H,6-19,24-32,63H2,1-5H3,(H,72,92)(H,77,93)(H,78,97)(H,79,89)(H,80,88)(H,81,91)(H,82,94)(H,83,95)(H,84,98)(H,85,90)(H,86,96)(H,99,100)(H4,64,65,73)(H4,66,67,74)(H4,68,69,75)(H4,70,71,76)/t33?,34?,35-,38-,39-,40-,41-,42-,43-,44-,47-,48-/m0/s1. The first-order valence-corrected chi connectivity index (χ1v) is 36.2. The number of phenolic OH excluding ortho intramolecular Hbond substituents is 1. The summed E-state index contributed by atoms with van der Waals surface area (Å²) in [4.78, 5) is 180. The lowest BCUT2D eigenvalue weighted by Gasteiger charge is -2.29. The van der Waals surface area contributed by atoms with Gasteiger partial charge in [-0.25, -0.2) is 4.79 Å². The molecule has 0 radical (unpaired) electrons. The molecule has 1 aromatic carbocycles. The van der Waals surface area contributed by atoms with Crippen LogP contribution >= 0.6 is 21.6 Å². The van der Waals surface area contributed by atoms with Gasteiger partial charge in [-0.05, 0) is 107 Å². The largest absolute Gasteiger partial charge is 0.508 e. The van der Waals surface area contributed by atoms with Gasteiger partial charge in [0, 0.05) is 50.7 Å². The minimum Gasteiger partial charge on any atom is -0.508 e. The molecule has 2 rings (SSSR count). The lowest BCUT2D eigenvalue weighted by atomic mass is 9.96. The first kappa shape index (κ1) is 88.5. The molecule has 1 aliphatic rings. The van der Waals surface area contributed by atoms with Crippen molar-refractivity contribution in [3.8, 4) is 5.75 Å². The smallest absolute Gasteiger partial charge is 0.326 e. The highest BCUT2D eigenvalue weighted by atomic mass is 33.1. The molecular formula is C62H108N24O14S2. The Labute approximate surface area is 601 Å². The van der Waals surface area contributed by atoms with Gasteiger partial charge in [0.1, 0.15) is 60.1 Å². The number of nitrogens with one attached hydrogen (secondary N) is 11. The Kier molecular flexibility index (Phi) is 41.9. The Morgan fingerprint density at radius 2 is 1.00 bits per heavy atom. The molecule has 2 unspecified atom stereocenters. The van der Waals surface area contributed by atoms with Crippen LogP contribution in [0.5, 0.6) is 5.75 Å². The van der Waals surface area contributed by atoms with E-state index in [4.69, 9.17) is 51.6 Å². The highest BCUT2D eigenvalue weighted by Gasteiger charge is 2.37. The summed E-state index contributed by atoms with van der Waals surface area (Å²) in [6.45, 7) is 8.11. The molecule has 0 aliphatic carbocycles. The van der Waals surface area contributed by atoms with Gasteiger partial charge in [-0.1, -0.05) is 80.7 Å². The molecule has 38 nitrogen and oxygen atoms in total. The van der Waals surface area contributed by atoms with Crippen molar-refractivity contribution in [3.63, 3.8) is 0 Å². The first-order chi connectivity index (χ1) is 48.3. The number of carboxylic acids is 1. The van der Waals surface area contributed by atoms with Crippen LogP contribution in [-0.2, 0) is 64.0 Å². The number of nitrogens with two attached hydrogens (primary N) is 9. The van der Waals surface area contributed by atoms with Crippen molar-refractivity contribution in [1.29, 1.82) is 0 Å². The number of carbonyl (C=O) groups excluding carboxylic acids is 11. The van der Waals surface area contributed by atoms with Crippen molar-refractivity contribution < 1.29 is 67.7 Å². The number of aliphatic imine (C=N–C) groups is 4. The molecule has 1 fully saturated rings. The molecule has 40 heteroatoms. The van der Waals surface area contributed by atoms with Crippen LogP contribution in [-0.4, -0.2) is 216 Å². The number of hydrogen-bond donors (Lipinski definition) is 22. The number of unbranched alkanes of at least 4 members (excludes halogenated alkanes) is 2. The zero-order chi connectivity index (χ0) is 76.4. The normalized spacial score (nSPS) is 18.7. The van der Waals surface area contributed by atoms with Crippen molar-refractivity contribution >= 4 is 116 Å². The summed E-state index contributed by atoms with van der Waals surface area (Å²) in [5, 5.41) is 48.7. The van der Waals surface area contributed by atoms with E-state index in [-0.39, 0.29) is 144 Å². The maximum absolute atomic E-state index is 14.2. The number of nitrogens with zero attached hydrogens (tertiary/aromatic N) is 4. The summed E-state index contributed by atoms with van der Waals surface area (Å²) in [6, 6.07) is -6.55. The quantitative estimate of drug-likeness (QED) is 0.0126. The average molecular weight is 1480 g/mol. The topological polar surface area (TPSA) is 661 Å². The molecule has 31 N–H and O–H groups in total. The van der Waals surface area contributed by atoms with Crippen LogP contribution in [0.15, 0.2) is 44.2 Å². The maximum Gasteiger partial charge on any atom is 0.326 e. The van der Waals surface area contributed by atoms with E-state index in [0.717, 1.165) is 21.6 Å². The lowest BCUT2D eigenvalue weighted by Crippen LogP contribution is -2.61. The van der Waals surface area contributed by atoms with Gasteiger partial charge in [-0.15, -0.1) is 0 Å². The summed E-state index contributed by atoms with van der Waals surface area (Å²) in [6.07, 6.45) is 2.40. The number of benzene rings is 1. The van der Waals surface area contributed by atoms with Crippen LogP contribution in [0.1, 0.15) is 130 Å². The predicted octanol–water partition coefficient (Wildman–Crippen LogP) is -5.78. The molecule has 0 bridgehead atoms. The molecule has 1 aromatic rings. The molecule has 102 heavy (non-hydrogen) atoms. The fraction of sp³-hybridized carbons (Fsp3) is 0.645. The van der Waals surface area contributed by atoms with Gasteiger partial charge in [0.25, 0.3) is 0 Å². The van der Waals surface area contributed by atoms with E-state index in [9.17, 15) is 67.7 Å².